The number of hydrogen-bond acceptors (Lipinski definition) is 1. The van der Waals surface area contributed by atoms with Crippen molar-refractivity contribution >= 4 is 11.6 Å². The summed E-state index contributed by atoms with van der Waals surface area (Å²) in [6, 6.07) is 0. The number of alkyl halides is 1. The summed E-state index contributed by atoms with van der Waals surface area (Å²) < 4.78 is 0. The standard InChI is InChI=1S/C11H22ClN/c1-10-5-8-13(9-11(10)2)7-4-3-6-12/h10-11H,3-9H2,1-2H3. The van der Waals surface area contributed by atoms with Gasteiger partial charge in [0.15, 0.2) is 0 Å². The molecule has 0 aromatic rings. The van der Waals surface area contributed by atoms with Gasteiger partial charge in [-0.3, -0.25) is 0 Å². The van der Waals surface area contributed by atoms with Crippen LogP contribution in [-0.2, 0) is 0 Å². The molecule has 0 bridgehead atoms. The van der Waals surface area contributed by atoms with Crippen LogP contribution >= 0.6 is 11.6 Å². The average Bonchev–Trinajstić information content (AvgIpc) is 2.12. The number of unbranched alkanes of at least 4 members (excludes halogenated alkanes) is 1. The third-order valence-corrected chi connectivity index (χ3v) is 3.54. The maximum absolute atomic E-state index is 5.65. The fourth-order valence-corrected chi connectivity index (χ4v) is 2.17. The first-order chi connectivity index (χ1) is 6.24. The first-order valence-corrected chi connectivity index (χ1v) is 6.05. The van der Waals surface area contributed by atoms with Gasteiger partial charge in [-0.1, -0.05) is 13.8 Å². The van der Waals surface area contributed by atoms with Crippen molar-refractivity contribution in [2.45, 2.75) is 33.1 Å². The van der Waals surface area contributed by atoms with Crippen molar-refractivity contribution in [3.05, 3.63) is 0 Å². The highest BCUT2D eigenvalue weighted by Gasteiger charge is 2.21. The molecule has 1 nitrogen and oxygen atoms in total. The van der Waals surface area contributed by atoms with E-state index in [1.165, 1.54) is 38.9 Å². The van der Waals surface area contributed by atoms with Crippen LogP contribution in [0.5, 0.6) is 0 Å². The molecule has 2 heteroatoms. The van der Waals surface area contributed by atoms with E-state index < -0.39 is 0 Å². The number of hydrogen-bond donors (Lipinski definition) is 0. The van der Waals surface area contributed by atoms with E-state index in [-0.39, 0.29) is 0 Å². The summed E-state index contributed by atoms with van der Waals surface area (Å²) in [6.07, 6.45) is 3.81. The van der Waals surface area contributed by atoms with Crippen LogP contribution < -0.4 is 0 Å². The van der Waals surface area contributed by atoms with E-state index in [0.717, 1.165) is 17.7 Å². The molecule has 0 aromatic carbocycles. The Bertz CT molecular complexity index is 138. The average molecular weight is 204 g/mol. The Kier molecular flexibility index (Phi) is 5.12. The molecule has 0 amide bonds. The molecule has 1 aliphatic heterocycles. The minimum atomic E-state index is 0.819. The Morgan fingerprint density at radius 3 is 2.62 bits per heavy atom. The lowest BCUT2D eigenvalue weighted by molar-refractivity contribution is 0.137. The normalized spacial score (nSPS) is 30.7. The Morgan fingerprint density at radius 2 is 2.00 bits per heavy atom. The van der Waals surface area contributed by atoms with Gasteiger partial charge in [-0.25, -0.2) is 0 Å². The molecule has 1 rings (SSSR count). The van der Waals surface area contributed by atoms with Crippen molar-refractivity contribution < 1.29 is 0 Å². The lowest BCUT2D eigenvalue weighted by atomic mass is 9.88. The van der Waals surface area contributed by atoms with E-state index in [1.54, 1.807) is 0 Å². The second-order valence-electron chi connectivity index (χ2n) is 4.44. The fraction of sp³-hybridized carbons (Fsp3) is 1.00. The quantitative estimate of drug-likeness (QED) is 0.502. The van der Waals surface area contributed by atoms with E-state index >= 15 is 0 Å². The highest BCUT2D eigenvalue weighted by atomic mass is 35.5. The Balaban J connectivity index is 2.14. The fourth-order valence-electron chi connectivity index (χ4n) is 1.98. The van der Waals surface area contributed by atoms with Gasteiger partial charge in [0.25, 0.3) is 0 Å². The van der Waals surface area contributed by atoms with Crippen molar-refractivity contribution in [1.82, 2.24) is 4.90 Å². The zero-order valence-corrected chi connectivity index (χ0v) is 9.69. The van der Waals surface area contributed by atoms with Crippen molar-refractivity contribution in [1.29, 1.82) is 0 Å². The van der Waals surface area contributed by atoms with Crippen molar-refractivity contribution in [2.24, 2.45) is 11.8 Å². The smallest absolute Gasteiger partial charge is 0.0223 e. The van der Waals surface area contributed by atoms with Crippen LogP contribution in [0.1, 0.15) is 33.1 Å². The molecule has 1 fully saturated rings. The molecule has 0 N–H and O–H groups in total. The van der Waals surface area contributed by atoms with Crippen molar-refractivity contribution in [3.8, 4) is 0 Å². The molecule has 2 unspecified atom stereocenters. The Hall–Kier alpha value is 0.250. The number of likely N-dealkylation sites (tertiary alicyclic amines) is 1. The van der Waals surface area contributed by atoms with Gasteiger partial charge >= 0.3 is 0 Å². The molecule has 0 saturated carbocycles. The van der Waals surface area contributed by atoms with Crippen LogP contribution in [-0.4, -0.2) is 30.4 Å². The number of nitrogens with zero attached hydrogens (tertiary/aromatic N) is 1. The molecule has 2 atom stereocenters. The van der Waals surface area contributed by atoms with Gasteiger partial charge in [0, 0.05) is 12.4 Å². The van der Waals surface area contributed by atoms with Crippen LogP contribution in [0, 0.1) is 11.8 Å². The van der Waals surface area contributed by atoms with Crippen molar-refractivity contribution in [2.75, 3.05) is 25.5 Å². The van der Waals surface area contributed by atoms with Crippen LogP contribution in [0.3, 0.4) is 0 Å². The lowest BCUT2D eigenvalue weighted by Gasteiger charge is -2.35. The number of piperidine rings is 1. The third kappa shape index (κ3) is 3.86. The highest BCUT2D eigenvalue weighted by molar-refractivity contribution is 6.17. The van der Waals surface area contributed by atoms with Gasteiger partial charge in [-0.15, -0.1) is 11.6 Å². The van der Waals surface area contributed by atoms with Crippen molar-refractivity contribution in [3.63, 3.8) is 0 Å². The van der Waals surface area contributed by atoms with Crippen LogP contribution in [0.15, 0.2) is 0 Å². The molecule has 13 heavy (non-hydrogen) atoms. The maximum Gasteiger partial charge on any atom is 0.0223 e. The van der Waals surface area contributed by atoms with Crippen LogP contribution in [0.2, 0.25) is 0 Å². The van der Waals surface area contributed by atoms with E-state index in [4.69, 9.17) is 11.6 Å². The van der Waals surface area contributed by atoms with E-state index in [2.05, 4.69) is 18.7 Å². The van der Waals surface area contributed by atoms with Gasteiger partial charge in [-0.2, -0.15) is 0 Å². The summed E-state index contributed by atoms with van der Waals surface area (Å²) in [5.41, 5.74) is 0. The molecule has 1 saturated heterocycles. The zero-order valence-electron chi connectivity index (χ0n) is 8.93. The summed E-state index contributed by atoms with van der Waals surface area (Å²) >= 11 is 5.65. The van der Waals surface area contributed by atoms with Gasteiger partial charge < -0.3 is 4.90 Å². The van der Waals surface area contributed by atoms with Gasteiger partial charge in [0.1, 0.15) is 0 Å². The monoisotopic (exact) mass is 203 g/mol. The molecular weight excluding hydrogens is 182 g/mol. The first kappa shape index (κ1) is 11.3. The Labute approximate surface area is 87.4 Å². The first-order valence-electron chi connectivity index (χ1n) is 5.52. The van der Waals surface area contributed by atoms with E-state index in [9.17, 15) is 0 Å². The summed E-state index contributed by atoms with van der Waals surface area (Å²) in [4.78, 5) is 2.59. The van der Waals surface area contributed by atoms with Gasteiger partial charge in [-0.05, 0) is 44.2 Å². The lowest BCUT2D eigenvalue weighted by Crippen LogP contribution is -2.38. The molecule has 0 spiro atoms. The minimum absolute atomic E-state index is 0.819. The van der Waals surface area contributed by atoms with E-state index in [0.29, 0.717) is 0 Å². The summed E-state index contributed by atoms with van der Waals surface area (Å²) in [5, 5.41) is 0. The topological polar surface area (TPSA) is 3.24 Å². The predicted octanol–water partition coefficient (Wildman–Crippen LogP) is 2.98. The minimum Gasteiger partial charge on any atom is -0.303 e. The maximum atomic E-state index is 5.65. The SMILES string of the molecule is CC1CCN(CCCCCl)CC1C. The second-order valence-corrected chi connectivity index (χ2v) is 4.82. The predicted molar refractivity (Wildman–Crippen MR) is 59.3 cm³/mol. The largest absolute Gasteiger partial charge is 0.303 e. The molecule has 78 valence electrons. The molecule has 0 radical (unpaired) electrons. The molecule has 1 aliphatic rings. The third-order valence-electron chi connectivity index (χ3n) is 3.28. The summed E-state index contributed by atoms with van der Waals surface area (Å²) in [7, 11) is 0. The molecule has 1 heterocycles. The molecular formula is C11H22ClN. The van der Waals surface area contributed by atoms with Gasteiger partial charge in [0.05, 0.1) is 0 Å². The van der Waals surface area contributed by atoms with Crippen LogP contribution in [0.25, 0.3) is 0 Å². The summed E-state index contributed by atoms with van der Waals surface area (Å²) in [5.74, 6) is 2.62. The number of halogens is 1. The highest BCUT2D eigenvalue weighted by Crippen LogP contribution is 2.22. The van der Waals surface area contributed by atoms with E-state index in [1.807, 2.05) is 0 Å². The second kappa shape index (κ2) is 5.87. The van der Waals surface area contributed by atoms with Crippen LogP contribution in [0.4, 0.5) is 0 Å². The van der Waals surface area contributed by atoms with Gasteiger partial charge in [0.2, 0.25) is 0 Å². The number of rotatable bonds is 4. The molecule has 0 aromatic heterocycles. The zero-order chi connectivity index (χ0) is 9.68. The summed E-state index contributed by atoms with van der Waals surface area (Å²) in [6.45, 7) is 8.60. The molecule has 0 aliphatic carbocycles. The Morgan fingerprint density at radius 1 is 1.23 bits per heavy atom.